The molecule has 0 atom stereocenters. The molecule has 8 heteroatoms. The van der Waals surface area contributed by atoms with Gasteiger partial charge in [0.15, 0.2) is 4.96 Å². The summed E-state index contributed by atoms with van der Waals surface area (Å²) >= 11 is 4.89. The molecule has 0 aliphatic rings. The first-order chi connectivity index (χ1) is 14.1. The first-order valence-corrected chi connectivity index (χ1v) is 10.5. The minimum atomic E-state index is -0.0822. The van der Waals surface area contributed by atoms with E-state index < -0.39 is 0 Å². The van der Waals surface area contributed by atoms with E-state index in [1.807, 2.05) is 58.4 Å². The number of amides is 1. The molecule has 148 valence electrons. The van der Waals surface area contributed by atoms with E-state index in [1.54, 1.807) is 14.2 Å². The van der Waals surface area contributed by atoms with Gasteiger partial charge >= 0.3 is 0 Å². The predicted octanol–water partition coefficient (Wildman–Crippen LogP) is 5.02. The van der Waals surface area contributed by atoms with E-state index in [0.29, 0.717) is 5.75 Å². The summed E-state index contributed by atoms with van der Waals surface area (Å²) in [6.45, 7) is 0. The second-order valence-electron chi connectivity index (χ2n) is 6.30. The minimum absolute atomic E-state index is 0.0822. The highest BCUT2D eigenvalue weighted by molar-refractivity contribution is 9.10. The van der Waals surface area contributed by atoms with E-state index in [4.69, 9.17) is 14.5 Å². The van der Waals surface area contributed by atoms with Gasteiger partial charge < -0.3 is 14.8 Å². The number of rotatable bonds is 6. The zero-order valence-electron chi connectivity index (χ0n) is 15.8. The Bertz CT molecular complexity index is 1170. The third kappa shape index (κ3) is 4.13. The quantitative estimate of drug-likeness (QED) is 0.428. The third-order valence-corrected chi connectivity index (χ3v) is 5.85. The Hall–Kier alpha value is -2.84. The van der Waals surface area contributed by atoms with Crippen molar-refractivity contribution in [1.29, 1.82) is 0 Å². The van der Waals surface area contributed by atoms with Crippen LogP contribution in [0.2, 0.25) is 0 Å². The normalized spacial score (nSPS) is 10.9. The van der Waals surface area contributed by atoms with Crippen LogP contribution >= 0.6 is 27.3 Å². The summed E-state index contributed by atoms with van der Waals surface area (Å²) in [7, 11) is 3.25. The Balaban J connectivity index is 1.59. The van der Waals surface area contributed by atoms with Crippen LogP contribution in [0.1, 0.15) is 5.69 Å². The highest BCUT2D eigenvalue weighted by Crippen LogP contribution is 2.34. The number of carbonyl (C=O) groups is 1. The molecule has 2 aromatic heterocycles. The van der Waals surface area contributed by atoms with E-state index in [9.17, 15) is 4.79 Å². The number of hydrogen-bond donors (Lipinski definition) is 1. The third-order valence-electron chi connectivity index (χ3n) is 4.44. The van der Waals surface area contributed by atoms with Crippen molar-refractivity contribution in [2.75, 3.05) is 19.5 Å². The van der Waals surface area contributed by atoms with E-state index in [-0.39, 0.29) is 12.3 Å². The summed E-state index contributed by atoms with van der Waals surface area (Å²) in [5.74, 6) is 1.36. The maximum atomic E-state index is 12.5. The van der Waals surface area contributed by atoms with Crippen LogP contribution in [0, 0.1) is 0 Å². The number of aromatic nitrogens is 2. The number of carbonyl (C=O) groups excluding carboxylic acids is 1. The number of thiazole rings is 1. The van der Waals surface area contributed by atoms with Crippen molar-refractivity contribution in [3.63, 3.8) is 0 Å². The first kappa shape index (κ1) is 19.5. The molecule has 4 rings (SSSR count). The van der Waals surface area contributed by atoms with Crippen LogP contribution < -0.4 is 14.8 Å². The van der Waals surface area contributed by atoms with Gasteiger partial charge in [-0.05, 0) is 42.5 Å². The zero-order valence-corrected chi connectivity index (χ0v) is 18.2. The van der Waals surface area contributed by atoms with Crippen LogP contribution in [0.5, 0.6) is 11.5 Å². The van der Waals surface area contributed by atoms with E-state index in [2.05, 4.69) is 21.2 Å². The fraction of sp³-hybridized carbons (Fsp3) is 0.143. The molecule has 0 unspecified atom stereocenters. The van der Waals surface area contributed by atoms with Gasteiger partial charge in [-0.2, -0.15) is 0 Å². The number of nitrogens with zero attached hydrogens (tertiary/aromatic N) is 2. The fourth-order valence-corrected chi connectivity index (χ4v) is 4.14. The first-order valence-electron chi connectivity index (χ1n) is 8.80. The molecule has 29 heavy (non-hydrogen) atoms. The lowest BCUT2D eigenvalue weighted by atomic mass is 10.1. The monoisotopic (exact) mass is 471 g/mol. The summed E-state index contributed by atoms with van der Waals surface area (Å²) in [6, 6.07) is 13.1. The lowest BCUT2D eigenvalue weighted by molar-refractivity contribution is -0.115. The van der Waals surface area contributed by atoms with Crippen LogP contribution in [0.4, 0.5) is 5.69 Å². The topological polar surface area (TPSA) is 64.9 Å². The molecule has 2 heterocycles. The average Bonchev–Trinajstić information content (AvgIpc) is 3.31. The van der Waals surface area contributed by atoms with Gasteiger partial charge in [0, 0.05) is 33.0 Å². The highest BCUT2D eigenvalue weighted by Gasteiger charge is 2.16. The van der Waals surface area contributed by atoms with Crippen LogP contribution in [0.3, 0.4) is 0 Å². The molecule has 0 saturated carbocycles. The van der Waals surface area contributed by atoms with Crippen molar-refractivity contribution in [2.45, 2.75) is 6.42 Å². The standard InChI is InChI=1S/C21H18BrN3O3S/c1-27-16-7-8-19(28-2)17(10-16)18-11-25-15(12-29-21(25)24-18)9-20(26)23-14-5-3-13(22)4-6-14/h3-8,10-12H,9H2,1-2H3,(H,23,26). The van der Waals surface area contributed by atoms with Crippen molar-refractivity contribution >= 4 is 43.8 Å². The Morgan fingerprint density at radius 2 is 1.97 bits per heavy atom. The number of hydrogen-bond acceptors (Lipinski definition) is 5. The Labute approximate surface area is 180 Å². The number of methoxy groups -OCH3 is 2. The molecule has 4 aromatic rings. The molecule has 6 nitrogen and oxygen atoms in total. The van der Waals surface area contributed by atoms with Crippen molar-refractivity contribution < 1.29 is 14.3 Å². The Kier molecular flexibility index (Phi) is 5.55. The van der Waals surface area contributed by atoms with E-state index in [0.717, 1.165) is 37.8 Å². The van der Waals surface area contributed by atoms with Gasteiger partial charge in [-0.25, -0.2) is 4.98 Å². The molecule has 1 amide bonds. The molecule has 0 aliphatic heterocycles. The lowest BCUT2D eigenvalue weighted by Crippen LogP contribution is -2.15. The second-order valence-corrected chi connectivity index (χ2v) is 8.06. The van der Waals surface area contributed by atoms with Gasteiger partial charge in [0.1, 0.15) is 11.5 Å². The summed E-state index contributed by atoms with van der Waals surface area (Å²) in [5, 5.41) is 4.87. The zero-order chi connectivity index (χ0) is 20.4. The minimum Gasteiger partial charge on any atom is -0.497 e. The smallest absolute Gasteiger partial charge is 0.230 e. The number of ether oxygens (including phenoxy) is 2. The van der Waals surface area contributed by atoms with Crippen molar-refractivity contribution in [1.82, 2.24) is 9.38 Å². The Morgan fingerprint density at radius 3 is 2.69 bits per heavy atom. The molecular weight excluding hydrogens is 454 g/mol. The van der Waals surface area contributed by atoms with Crippen LogP contribution in [0.25, 0.3) is 16.2 Å². The number of halogens is 1. The number of nitrogens with one attached hydrogen (secondary N) is 1. The summed E-state index contributed by atoms with van der Waals surface area (Å²) in [5.41, 5.74) is 3.24. The molecule has 0 spiro atoms. The molecule has 0 aliphatic carbocycles. The van der Waals surface area contributed by atoms with E-state index in [1.165, 1.54) is 11.3 Å². The number of imidazole rings is 1. The fourth-order valence-electron chi connectivity index (χ4n) is 3.00. The second kappa shape index (κ2) is 8.26. The number of fused-ring (bicyclic) bond motifs is 1. The van der Waals surface area contributed by atoms with Crippen molar-refractivity contribution in [3.05, 3.63) is 64.2 Å². The molecule has 2 aromatic carbocycles. The van der Waals surface area contributed by atoms with Crippen molar-refractivity contribution in [2.24, 2.45) is 0 Å². The van der Waals surface area contributed by atoms with Crippen molar-refractivity contribution in [3.8, 4) is 22.8 Å². The van der Waals surface area contributed by atoms with Gasteiger partial charge in [-0.15, -0.1) is 11.3 Å². The summed E-state index contributed by atoms with van der Waals surface area (Å²) in [6.07, 6.45) is 2.17. The van der Waals surface area contributed by atoms with Gasteiger partial charge in [0.05, 0.1) is 26.3 Å². The molecule has 0 bridgehead atoms. The lowest BCUT2D eigenvalue weighted by Gasteiger charge is -2.08. The maximum Gasteiger partial charge on any atom is 0.230 e. The summed E-state index contributed by atoms with van der Waals surface area (Å²) < 4.78 is 13.7. The molecule has 1 N–H and O–H groups in total. The molecule has 0 saturated heterocycles. The van der Waals surface area contributed by atoms with Gasteiger partial charge in [-0.1, -0.05) is 15.9 Å². The molecule has 0 fully saturated rings. The summed E-state index contributed by atoms with van der Waals surface area (Å²) in [4.78, 5) is 18.0. The van der Waals surface area contributed by atoms with Gasteiger partial charge in [0.2, 0.25) is 5.91 Å². The highest BCUT2D eigenvalue weighted by atomic mass is 79.9. The van der Waals surface area contributed by atoms with Gasteiger partial charge in [-0.3, -0.25) is 9.20 Å². The Morgan fingerprint density at radius 1 is 1.17 bits per heavy atom. The van der Waals surface area contributed by atoms with Crippen LogP contribution in [0.15, 0.2) is 58.5 Å². The SMILES string of the molecule is COc1ccc(OC)c(-c2cn3c(CC(=O)Nc4ccc(Br)cc4)csc3n2)c1. The van der Waals surface area contributed by atoms with Crippen LogP contribution in [-0.4, -0.2) is 29.5 Å². The predicted molar refractivity (Wildman–Crippen MR) is 118 cm³/mol. The molecular formula is C21H18BrN3O3S. The van der Waals surface area contributed by atoms with E-state index >= 15 is 0 Å². The largest absolute Gasteiger partial charge is 0.497 e. The number of anilines is 1. The van der Waals surface area contributed by atoms with Crippen LogP contribution in [-0.2, 0) is 11.2 Å². The van der Waals surface area contributed by atoms with Gasteiger partial charge in [0.25, 0.3) is 0 Å². The number of benzene rings is 2. The molecule has 0 radical (unpaired) electrons. The average molecular weight is 472 g/mol. The maximum absolute atomic E-state index is 12.5.